The summed E-state index contributed by atoms with van der Waals surface area (Å²) < 4.78 is 10.4. The van der Waals surface area contributed by atoms with Gasteiger partial charge in [-0.05, 0) is 35.0 Å². The van der Waals surface area contributed by atoms with Gasteiger partial charge in [0, 0.05) is 17.4 Å². The fourth-order valence-corrected chi connectivity index (χ4v) is 2.62. The van der Waals surface area contributed by atoms with E-state index in [0.717, 1.165) is 10.8 Å². The quantitative estimate of drug-likeness (QED) is 0.706. The minimum atomic E-state index is -0.757. The van der Waals surface area contributed by atoms with Gasteiger partial charge in [0.1, 0.15) is 0 Å². The molecule has 3 aromatic rings. The third-order valence-corrected chi connectivity index (χ3v) is 3.84. The van der Waals surface area contributed by atoms with Crippen LogP contribution in [-0.4, -0.2) is 18.6 Å². The summed E-state index contributed by atoms with van der Waals surface area (Å²) in [6.45, 7) is 0.148. The fraction of sp³-hybridized carbons (Fsp3) is 0.0526. The number of carbonyl (C=O) groups is 2. The maximum absolute atomic E-state index is 12.1. The number of benzene rings is 3. The highest BCUT2D eigenvalue weighted by atomic mass is 16.7. The number of hydrogen-bond acceptors (Lipinski definition) is 4. The van der Waals surface area contributed by atoms with Crippen LogP contribution in [0.4, 0.5) is 11.4 Å². The third-order valence-electron chi connectivity index (χ3n) is 3.84. The van der Waals surface area contributed by atoms with Crippen molar-refractivity contribution >= 4 is 34.0 Å². The molecule has 1 aliphatic heterocycles. The van der Waals surface area contributed by atoms with E-state index in [9.17, 15) is 9.59 Å². The molecular formula is C19H14N2O4. The molecule has 0 fully saturated rings. The van der Waals surface area contributed by atoms with Crippen LogP contribution in [-0.2, 0) is 9.59 Å². The lowest BCUT2D eigenvalue weighted by atomic mass is 10.1. The Morgan fingerprint density at radius 2 is 1.36 bits per heavy atom. The summed E-state index contributed by atoms with van der Waals surface area (Å²) in [7, 11) is 0. The van der Waals surface area contributed by atoms with Gasteiger partial charge in [0.2, 0.25) is 6.79 Å². The van der Waals surface area contributed by atoms with Gasteiger partial charge in [-0.2, -0.15) is 0 Å². The first-order valence-corrected chi connectivity index (χ1v) is 7.70. The molecule has 6 heteroatoms. The fourth-order valence-electron chi connectivity index (χ4n) is 2.62. The van der Waals surface area contributed by atoms with Crippen molar-refractivity contribution in [3.8, 4) is 11.5 Å². The van der Waals surface area contributed by atoms with E-state index in [2.05, 4.69) is 10.6 Å². The van der Waals surface area contributed by atoms with Crippen LogP contribution in [0.25, 0.3) is 10.8 Å². The Kier molecular flexibility index (Phi) is 3.70. The molecular weight excluding hydrogens is 320 g/mol. The first-order valence-electron chi connectivity index (χ1n) is 7.70. The second-order valence-electron chi connectivity index (χ2n) is 5.54. The van der Waals surface area contributed by atoms with Gasteiger partial charge in [-0.15, -0.1) is 0 Å². The molecule has 6 nitrogen and oxygen atoms in total. The van der Waals surface area contributed by atoms with Crippen LogP contribution in [0.2, 0.25) is 0 Å². The van der Waals surface area contributed by atoms with E-state index in [0.29, 0.717) is 22.9 Å². The smallest absolute Gasteiger partial charge is 0.314 e. The van der Waals surface area contributed by atoms with Crippen LogP contribution in [0.5, 0.6) is 11.5 Å². The molecule has 2 N–H and O–H groups in total. The van der Waals surface area contributed by atoms with Crippen LogP contribution in [0.15, 0.2) is 60.7 Å². The van der Waals surface area contributed by atoms with Crippen molar-refractivity contribution in [2.75, 3.05) is 17.4 Å². The van der Waals surface area contributed by atoms with Gasteiger partial charge in [0.05, 0.1) is 0 Å². The highest BCUT2D eigenvalue weighted by Gasteiger charge is 2.17. The van der Waals surface area contributed by atoms with E-state index in [1.54, 1.807) is 24.3 Å². The van der Waals surface area contributed by atoms with Gasteiger partial charge in [0.15, 0.2) is 11.5 Å². The lowest BCUT2D eigenvalue weighted by molar-refractivity contribution is -0.132. The summed E-state index contributed by atoms with van der Waals surface area (Å²) in [4.78, 5) is 24.2. The Morgan fingerprint density at radius 1 is 0.720 bits per heavy atom. The first-order chi connectivity index (χ1) is 12.2. The van der Waals surface area contributed by atoms with E-state index in [-0.39, 0.29) is 6.79 Å². The lowest BCUT2D eigenvalue weighted by Gasteiger charge is -2.08. The molecule has 1 aliphatic rings. The number of nitrogens with one attached hydrogen (secondary N) is 2. The zero-order valence-corrected chi connectivity index (χ0v) is 13.1. The van der Waals surface area contributed by atoms with Crippen molar-refractivity contribution in [2.24, 2.45) is 0 Å². The summed E-state index contributed by atoms with van der Waals surface area (Å²) >= 11 is 0. The van der Waals surface area contributed by atoms with Crippen LogP contribution < -0.4 is 20.1 Å². The van der Waals surface area contributed by atoms with Crippen molar-refractivity contribution < 1.29 is 19.1 Å². The van der Waals surface area contributed by atoms with Crippen LogP contribution >= 0.6 is 0 Å². The zero-order valence-electron chi connectivity index (χ0n) is 13.1. The van der Waals surface area contributed by atoms with E-state index >= 15 is 0 Å². The molecule has 0 bridgehead atoms. The molecule has 1 heterocycles. The zero-order chi connectivity index (χ0) is 17.2. The number of rotatable bonds is 2. The van der Waals surface area contributed by atoms with Crippen LogP contribution in [0, 0.1) is 0 Å². The van der Waals surface area contributed by atoms with Crippen molar-refractivity contribution in [3.05, 3.63) is 60.7 Å². The third kappa shape index (κ3) is 3.10. The maximum atomic E-state index is 12.1. The second kappa shape index (κ2) is 6.16. The summed E-state index contributed by atoms with van der Waals surface area (Å²) in [5, 5.41) is 7.19. The van der Waals surface area contributed by atoms with E-state index in [1.807, 2.05) is 36.4 Å². The summed E-state index contributed by atoms with van der Waals surface area (Å²) in [5.41, 5.74) is 1.02. The van der Waals surface area contributed by atoms with Crippen molar-refractivity contribution in [3.63, 3.8) is 0 Å². The monoisotopic (exact) mass is 334 g/mol. The van der Waals surface area contributed by atoms with Crippen molar-refractivity contribution in [1.82, 2.24) is 0 Å². The molecule has 0 radical (unpaired) electrons. The van der Waals surface area contributed by atoms with E-state index in [1.165, 1.54) is 0 Å². The number of fused-ring (bicyclic) bond motifs is 2. The predicted molar refractivity (Wildman–Crippen MR) is 93.8 cm³/mol. The van der Waals surface area contributed by atoms with Crippen LogP contribution in [0.3, 0.4) is 0 Å². The Morgan fingerprint density at radius 3 is 2.16 bits per heavy atom. The summed E-state index contributed by atoms with van der Waals surface area (Å²) in [6, 6.07) is 18.2. The molecule has 124 valence electrons. The predicted octanol–water partition coefficient (Wildman–Crippen LogP) is 3.15. The summed E-state index contributed by atoms with van der Waals surface area (Å²) in [6.07, 6.45) is 0. The number of ether oxygens (including phenoxy) is 2. The number of anilines is 2. The van der Waals surface area contributed by atoms with Crippen molar-refractivity contribution in [2.45, 2.75) is 0 Å². The molecule has 0 atom stereocenters. The lowest BCUT2D eigenvalue weighted by Crippen LogP contribution is -2.29. The number of carbonyl (C=O) groups excluding carboxylic acids is 2. The van der Waals surface area contributed by atoms with Gasteiger partial charge in [0.25, 0.3) is 0 Å². The largest absolute Gasteiger partial charge is 0.454 e. The molecule has 0 unspecified atom stereocenters. The first kappa shape index (κ1) is 15.0. The van der Waals surface area contributed by atoms with Gasteiger partial charge in [-0.25, -0.2) is 0 Å². The number of hydrogen-bond donors (Lipinski definition) is 2. The Labute approximate surface area is 143 Å². The Balaban J connectivity index is 1.45. The average Bonchev–Trinajstić information content (AvgIpc) is 3.09. The van der Waals surface area contributed by atoms with E-state index in [4.69, 9.17) is 9.47 Å². The van der Waals surface area contributed by atoms with Crippen LogP contribution in [0.1, 0.15) is 0 Å². The van der Waals surface area contributed by atoms with Gasteiger partial charge >= 0.3 is 11.8 Å². The van der Waals surface area contributed by atoms with Gasteiger partial charge < -0.3 is 20.1 Å². The molecule has 2 amide bonds. The highest BCUT2D eigenvalue weighted by Crippen LogP contribution is 2.34. The molecule has 0 aliphatic carbocycles. The molecule has 0 spiro atoms. The standard InChI is InChI=1S/C19H14N2O4/c22-18(20-14-6-5-12-3-1-2-4-13(12)9-14)19(23)21-15-7-8-16-17(10-15)25-11-24-16/h1-10H,11H2,(H,20,22)(H,21,23). The molecule has 0 saturated heterocycles. The average molecular weight is 334 g/mol. The minimum Gasteiger partial charge on any atom is -0.454 e. The highest BCUT2D eigenvalue weighted by molar-refractivity contribution is 6.43. The Bertz CT molecular complexity index is 984. The van der Waals surface area contributed by atoms with Gasteiger partial charge in [-0.3, -0.25) is 9.59 Å². The van der Waals surface area contributed by atoms with Gasteiger partial charge in [-0.1, -0.05) is 30.3 Å². The molecule has 0 saturated carbocycles. The Hall–Kier alpha value is -3.54. The molecule has 3 aromatic carbocycles. The second-order valence-corrected chi connectivity index (χ2v) is 5.54. The SMILES string of the molecule is O=C(Nc1ccc2c(c1)OCO2)C(=O)Nc1ccc2ccccc2c1. The minimum absolute atomic E-state index is 0.148. The summed E-state index contributed by atoms with van der Waals surface area (Å²) in [5.74, 6) is -0.355. The maximum Gasteiger partial charge on any atom is 0.314 e. The number of amides is 2. The molecule has 25 heavy (non-hydrogen) atoms. The molecule has 0 aromatic heterocycles. The van der Waals surface area contributed by atoms with Crippen molar-refractivity contribution in [1.29, 1.82) is 0 Å². The normalized spacial score (nSPS) is 12.0. The topological polar surface area (TPSA) is 76.7 Å². The van der Waals surface area contributed by atoms with E-state index < -0.39 is 11.8 Å². The molecule has 4 rings (SSSR count).